The van der Waals surface area contributed by atoms with Gasteiger partial charge < -0.3 is 13.8 Å². The van der Waals surface area contributed by atoms with E-state index >= 15 is 0 Å². The Balaban J connectivity index is 4.38. The first-order valence-corrected chi connectivity index (χ1v) is 5.56. The van der Waals surface area contributed by atoms with Gasteiger partial charge in [0.2, 0.25) is 0 Å². The summed E-state index contributed by atoms with van der Waals surface area (Å²) in [6.07, 6.45) is 0. The first kappa shape index (κ1) is 12.8. The summed E-state index contributed by atoms with van der Waals surface area (Å²) in [6.45, 7) is 3.38. The van der Waals surface area contributed by atoms with Crippen LogP contribution in [0.1, 0.15) is 13.8 Å². The normalized spacial score (nSPS) is 11.6. The minimum Gasteiger partial charge on any atom is -0.376 e. The van der Waals surface area contributed by atoms with Crippen molar-refractivity contribution >= 4 is 13.1 Å². The van der Waals surface area contributed by atoms with Crippen LogP contribution in [0.25, 0.3) is 0 Å². The third-order valence-corrected chi connectivity index (χ3v) is 3.11. The third-order valence-electron chi connectivity index (χ3n) is 1.17. The van der Waals surface area contributed by atoms with E-state index in [1.807, 2.05) is 0 Å². The highest BCUT2D eigenvalue weighted by Crippen LogP contribution is 2.48. The van der Waals surface area contributed by atoms with Gasteiger partial charge in [0, 0.05) is 7.11 Å². The standard InChI is InChI=1S/C7H15O5P/c1-4-11-13(9,12-5-2)7(8)6-10-3/h4-6H2,1-3H3. The van der Waals surface area contributed by atoms with Crippen LogP contribution in [-0.4, -0.2) is 32.5 Å². The Labute approximate surface area is 77.9 Å². The molecule has 0 heterocycles. The van der Waals surface area contributed by atoms with Crippen molar-refractivity contribution in [3.63, 3.8) is 0 Å². The first-order valence-electron chi connectivity index (χ1n) is 4.02. The van der Waals surface area contributed by atoms with Gasteiger partial charge in [-0.2, -0.15) is 0 Å². The number of carbonyl (C=O) groups is 1. The lowest BCUT2D eigenvalue weighted by Crippen LogP contribution is -2.12. The second-order valence-corrected chi connectivity index (χ2v) is 4.17. The van der Waals surface area contributed by atoms with Crippen LogP contribution in [0.4, 0.5) is 0 Å². The van der Waals surface area contributed by atoms with Crippen molar-refractivity contribution in [2.75, 3.05) is 26.9 Å². The minimum atomic E-state index is -3.59. The van der Waals surface area contributed by atoms with E-state index in [9.17, 15) is 9.36 Å². The number of hydrogen-bond donors (Lipinski definition) is 0. The van der Waals surface area contributed by atoms with Crippen molar-refractivity contribution in [1.29, 1.82) is 0 Å². The molecule has 0 saturated carbocycles. The highest BCUT2D eigenvalue weighted by Gasteiger charge is 2.33. The molecule has 0 aliphatic rings. The summed E-state index contributed by atoms with van der Waals surface area (Å²) in [7, 11) is -2.24. The van der Waals surface area contributed by atoms with Gasteiger partial charge in [-0.3, -0.25) is 9.36 Å². The van der Waals surface area contributed by atoms with Crippen LogP contribution in [0.3, 0.4) is 0 Å². The van der Waals surface area contributed by atoms with Gasteiger partial charge in [-0.25, -0.2) is 0 Å². The van der Waals surface area contributed by atoms with Gasteiger partial charge in [0.1, 0.15) is 6.61 Å². The molecular formula is C7H15O5P. The van der Waals surface area contributed by atoms with Crippen LogP contribution in [-0.2, 0) is 23.1 Å². The fourth-order valence-electron chi connectivity index (χ4n) is 0.724. The van der Waals surface area contributed by atoms with E-state index in [0.717, 1.165) is 0 Å². The van der Waals surface area contributed by atoms with Crippen molar-refractivity contribution in [3.8, 4) is 0 Å². The van der Waals surface area contributed by atoms with Gasteiger partial charge in [0.05, 0.1) is 13.2 Å². The van der Waals surface area contributed by atoms with Gasteiger partial charge in [-0.05, 0) is 13.8 Å². The van der Waals surface area contributed by atoms with Crippen molar-refractivity contribution in [2.24, 2.45) is 0 Å². The Morgan fingerprint density at radius 1 is 1.23 bits per heavy atom. The first-order chi connectivity index (χ1) is 6.10. The summed E-state index contributed by atoms with van der Waals surface area (Å²) in [5.74, 6) is 0. The number of carbonyl (C=O) groups excluding carboxylic acids is 1. The van der Waals surface area contributed by atoms with Crippen LogP contribution in [0.2, 0.25) is 0 Å². The van der Waals surface area contributed by atoms with E-state index in [0.29, 0.717) is 0 Å². The van der Waals surface area contributed by atoms with Gasteiger partial charge >= 0.3 is 7.60 Å². The van der Waals surface area contributed by atoms with E-state index in [-0.39, 0.29) is 19.8 Å². The molecule has 0 spiro atoms. The lowest BCUT2D eigenvalue weighted by Gasteiger charge is -2.14. The average Bonchev–Trinajstić information content (AvgIpc) is 2.05. The summed E-state index contributed by atoms with van der Waals surface area (Å²) >= 11 is 0. The van der Waals surface area contributed by atoms with Crippen molar-refractivity contribution in [2.45, 2.75) is 13.8 Å². The summed E-state index contributed by atoms with van der Waals surface area (Å²) in [5.41, 5.74) is -0.640. The maximum atomic E-state index is 11.6. The molecule has 0 aromatic carbocycles. The van der Waals surface area contributed by atoms with Gasteiger partial charge in [0.15, 0.2) is 0 Å². The summed E-state index contributed by atoms with van der Waals surface area (Å²) in [4.78, 5) is 11.2. The monoisotopic (exact) mass is 210 g/mol. The molecule has 0 aliphatic carbocycles. The van der Waals surface area contributed by atoms with Gasteiger partial charge in [0.25, 0.3) is 5.52 Å². The van der Waals surface area contributed by atoms with Crippen LogP contribution < -0.4 is 0 Å². The molecule has 5 nitrogen and oxygen atoms in total. The predicted octanol–water partition coefficient (Wildman–Crippen LogP) is 1.43. The molecule has 0 fully saturated rings. The summed E-state index contributed by atoms with van der Waals surface area (Å²) in [6, 6.07) is 0. The second kappa shape index (κ2) is 6.27. The average molecular weight is 210 g/mol. The molecule has 0 aliphatic heterocycles. The van der Waals surface area contributed by atoms with E-state index in [1.165, 1.54) is 7.11 Å². The molecule has 0 rings (SSSR count). The zero-order valence-electron chi connectivity index (χ0n) is 8.11. The Morgan fingerprint density at radius 2 is 1.69 bits per heavy atom. The molecule has 0 unspecified atom stereocenters. The molecule has 0 bridgehead atoms. The minimum absolute atomic E-state index is 0.173. The molecule has 0 radical (unpaired) electrons. The Hall–Kier alpha value is -0.220. The molecule has 0 saturated heterocycles. The fourth-order valence-corrected chi connectivity index (χ4v) is 2.05. The smallest absolute Gasteiger partial charge is 0.376 e. The van der Waals surface area contributed by atoms with Crippen LogP contribution in [0, 0.1) is 0 Å². The summed E-state index contributed by atoms with van der Waals surface area (Å²) < 4.78 is 25.8. The largest absolute Gasteiger partial charge is 0.399 e. The van der Waals surface area contributed by atoms with Crippen molar-refractivity contribution < 1.29 is 23.1 Å². The van der Waals surface area contributed by atoms with Crippen molar-refractivity contribution in [3.05, 3.63) is 0 Å². The zero-order chi connectivity index (χ0) is 10.3. The number of hydrogen-bond acceptors (Lipinski definition) is 5. The molecular weight excluding hydrogens is 195 g/mol. The maximum Gasteiger partial charge on any atom is 0.399 e. The molecule has 0 aromatic heterocycles. The SMILES string of the molecule is CCOP(=O)(OCC)C(=O)COC. The lowest BCUT2D eigenvalue weighted by atomic mass is 10.8. The number of ether oxygens (including phenoxy) is 1. The van der Waals surface area contributed by atoms with Gasteiger partial charge in [-0.1, -0.05) is 0 Å². The van der Waals surface area contributed by atoms with E-state index < -0.39 is 13.1 Å². The third kappa shape index (κ3) is 4.00. The highest BCUT2D eigenvalue weighted by molar-refractivity contribution is 7.71. The Bertz CT molecular complexity index is 193. The fraction of sp³-hybridized carbons (Fsp3) is 0.857. The summed E-state index contributed by atoms with van der Waals surface area (Å²) in [5, 5.41) is 0. The van der Waals surface area contributed by atoms with Crippen molar-refractivity contribution in [1.82, 2.24) is 0 Å². The number of methoxy groups -OCH3 is 1. The van der Waals surface area contributed by atoms with E-state index in [2.05, 4.69) is 4.74 Å². The van der Waals surface area contributed by atoms with E-state index in [4.69, 9.17) is 9.05 Å². The van der Waals surface area contributed by atoms with E-state index in [1.54, 1.807) is 13.8 Å². The Morgan fingerprint density at radius 3 is 2.00 bits per heavy atom. The molecule has 0 N–H and O–H groups in total. The molecule has 13 heavy (non-hydrogen) atoms. The van der Waals surface area contributed by atoms with Crippen LogP contribution in [0.5, 0.6) is 0 Å². The molecule has 0 atom stereocenters. The second-order valence-electron chi connectivity index (χ2n) is 2.16. The molecule has 0 amide bonds. The maximum absolute atomic E-state index is 11.6. The molecule has 78 valence electrons. The van der Waals surface area contributed by atoms with Crippen LogP contribution >= 0.6 is 7.60 Å². The Kier molecular flexibility index (Phi) is 6.16. The number of rotatable bonds is 7. The molecule has 0 aromatic rings. The quantitative estimate of drug-likeness (QED) is 0.595. The lowest BCUT2D eigenvalue weighted by molar-refractivity contribution is -0.117. The highest BCUT2D eigenvalue weighted by atomic mass is 31.2. The van der Waals surface area contributed by atoms with Gasteiger partial charge in [-0.15, -0.1) is 0 Å². The van der Waals surface area contributed by atoms with Crippen LogP contribution in [0.15, 0.2) is 0 Å². The predicted molar refractivity (Wildman–Crippen MR) is 47.7 cm³/mol. The topological polar surface area (TPSA) is 61.8 Å². The molecule has 6 heteroatoms. The zero-order valence-corrected chi connectivity index (χ0v) is 9.00.